The normalized spacial score (nSPS) is 19.5. The highest BCUT2D eigenvalue weighted by Gasteiger charge is 2.35. The minimum Gasteiger partial charge on any atom is -0.480 e. The Morgan fingerprint density at radius 1 is 1.27 bits per heavy atom. The Morgan fingerprint density at radius 2 is 1.96 bits per heavy atom. The Morgan fingerprint density at radius 3 is 2.65 bits per heavy atom. The van der Waals surface area contributed by atoms with E-state index >= 15 is 0 Å². The highest BCUT2D eigenvalue weighted by Crippen LogP contribution is 2.18. The number of likely N-dealkylation sites (tertiary alicyclic amines) is 1. The van der Waals surface area contributed by atoms with Crippen molar-refractivity contribution < 1.29 is 19.4 Å². The van der Waals surface area contributed by atoms with Crippen molar-refractivity contribution >= 4 is 11.9 Å². The van der Waals surface area contributed by atoms with E-state index in [1.54, 1.807) is 0 Å². The summed E-state index contributed by atoms with van der Waals surface area (Å²) in [5.41, 5.74) is 5.96. The predicted octanol–water partition coefficient (Wildman–Crippen LogP) is 1.74. The van der Waals surface area contributed by atoms with Gasteiger partial charge in [0.2, 0.25) is 5.91 Å². The van der Waals surface area contributed by atoms with Crippen molar-refractivity contribution in [2.75, 3.05) is 26.3 Å². The number of carboxylic acid groups (broad SMARTS) is 1. The molecule has 0 radical (unpaired) electrons. The summed E-state index contributed by atoms with van der Waals surface area (Å²) in [4.78, 5) is 25.1. The summed E-state index contributed by atoms with van der Waals surface area (Å²) in [5.74, 6) is -0.998. The van der Waals surface area contributed by atoms with E-state index in [2.05, 4.69) is 5.32 Å². The van der Waals surface area contributed by atoms with Crippen LogP contribution in [-0.2, 0) is 14.3 Å². The molecule has 1 rings (SSSR count). The third-order valence-electron chi connectivity index (χ3n) is 4.93. The van der Waals surface area contributed by atoms with Crippen LogP contribution >= 0.6 is 0 Å². The lowest BCUT2D eigenvalue weighted by atomic mass is 10.1. The molecule has 0 aromatic carbocycles. The van der Waals surface area contributed by atoms with Gasteiger partial charge in [-0.1, -0.05) is 25.7 Å². The lowest BCUT2D eigenvalue weighted by molar-refractivity contribution is -0.148. The van der Waals surface area contributed by atoms with Crippen LogP contribution in [-0.4, -0.2) is 66.3 Å². The molecule has 26 heavy (non-hydrogen) atoms. The molecule has 3 atom stereocenters. The third kappa shape index (κ3) is 8.47. The van der Waals surface area contributed by atoms with Gasteiger partial charge >= 0.3 is 5.97 Å². The van der Waals surface area contributed by atoms with Crippen LogP contribution in [0.15, 0.2) is 0 Å². The van der Waals surface area contributed by atoms with Crippen LogP contribution in [0.1, 0.15) is 65.2 Å². The van der Waals surface area contributed by atoms with Crippen LogP contribution < -0.4 is 11.1 Å². The first kappa shape index (κ1) is 22.9. The van der Waals surface area contributed by atoms with Gasteiger partial charge in [-0.05, 0) is 46.1 Å². The molecule has 4 N–H and O–H groups in total. The van der Waals surface area contributed by atoms with Crippen molar-refractivity contribution in [3.05, 3.63) is 0 Å². The van der Waals surface area contributed by atoms with E-state index in [0.717, 1.165) is 45.3 Å². The molecule has 1 saturated heterocycles. The van der Waals surface area contributed by atoms with Crippen molar-refractivity contribution in [1.29, 1.82) is 0 Å². The molecule has 7 nitrogen and oxygen atoms in total. The molecule has 0 aromatic heterocycles. The fourth-order valence-corrected chi connectivity index (χ4v) is 3.36. The molecule has 1 fully saturated rings. The Bertz CT molecular complexity index is 420. The second-order valence-electron chi connectivity index (χ2n) is 7.18. The van der Waals surface area contributed by atoms with Gasteiger partial charge in [0.15, 0.2) is 0 Å². The van der Waals surface area contributed by atoms with Gasteiger partial charge in [-0.15, -0.1) is 0 Å². The zero-order valence-corrected chi connectivity index (χ0v) is 16.4. The zero-order valence-electron chi connectivity index (χ0n) is 16.4. The lowest BCUT2D eigenvalue weighted by Crippen LogP contribution is -2.49. The SMILES string of the molecule is CCOC[C@@H](N)CCCCCCCN[C@@H](C)C(=O)N1CCC[C@H]1C(=O)O. The molecular formula is C19H37N3O4. The number of amides is 1. The van der Waals surface area contributed by atoms with Crippen LogP contribution in [0.4, 0.5) is 0 Å². The van der Waals surface area contributed by atoms with E-state index in [1.807, 2.05) is 13.8 Å². The average molecular weight is 372 g/mol. The summed E-state index contributed by atoms with van der Waals surface area (Å²) in [6, 6.07) is -0.837. The number of carbonyl (C=O) groups excluding carboxylic acids is 1. The largest absolute Gasteiger partial charge is 0.480 e. The van der Waals surface area contributed by atoms with Gasteiger partial charge in [-0.3, -0.25) is 4.79 Å². The molecule has 0 bridgehead atoms. The topological polar surface area (TPSA) is 105 Å². The standard InChI is InChI=1S/C19H37N3O4/c1-3-26-14-16(20)10-7-5-4-6-8-12-21-15(2)18(23)22-13-9-11-17(22)19(24)25/h15-17,21H,3-14,20H2,1-2H3,(H,24,25)/t15-,16-,17-/m0/s1. The van der Waals surface area contributed by atoms with E-state index in [9.17, 15) is 14.7 Å². The molecule has 1 heterocycles. The first-order valence-corrected chi connectivity index (χ1v) is 10.1. The maximum absolute atomic E-state index is 12.4. The highest BCUT2D eigenvalue weighted by atomic mass is 16.5. The maximum atomic E-state index is 12.4. The van der Waals surface area contributed by atoms with Crippen LogP contribution in [0.3, 0.4) is 0 Å². The second-order valence-corrected chi connectivity index (χ2v) is 7.18. The van der Waals surface area contributed by atoms with Crippen LogP contribution in [0.2, 0.25) is 0 Å². The van der Waals surface area contributed by atoms with Crippen molar-refractivity contribution in [1.82, 2.24) is 10.2 Å². The van der Waals surface area contributed by atoms with Crippen molar-refractivity contribution in [2.45, 2.75) is 83.3 Å². The van der Waals surface area contributed by atoms with Crippen molar-refractivity contribution in [3.8, 4) is 0 Å². The van der Waals surface area contributed by atoms with E-state index < -0.39 is 12.0 Å². The molecular weight excluding hydrogens is 334 g/mol. The summed E-state index contributed by atoms with van der Waals surface area (Å²) >= 11 is 0. The Balaban J connectivity index is 2.05. The Hall–Kier alpha value is -1.18. The number of ether oxygens (including phenoxy) is 1. The quantitative estimate of drug-likeness (QED) is 0.402. The number of rotatable bonds is 14. The van der Waals surface area contributed by atoms with Crippen molar-refractivity contribution in [3.63, 3.8) is 0 Å². The fourth-order valence-electron chi connectivity index (χ4n) is 3.36. The summed E-state index contributed by atoms with van der Waals surface area (Å²) in [7, 11) is 0. The number of nitrogens with zero attached hydrogens (tertiary/aromatic N) is 1. The van der Waals surface area contributed by atoms with Gasteiger partial charge in [0.25, 0.3) is 0 Å². The summed E-state index contributed by atoms with van der Waals surface area (Å²) in [5, 5.41) is 12.4. The zero-order chi connectivity index (χ0) is 19.4. The number of carbonyl (C=O) groups is 2. The van der Waals surface area contributed by atoms with Crippen LogP contribution in [0, 0.1) is 0 Å². The number of hydrogen-bond acceptors (Lipinski definition) is 5. The number of nitrogens with one attached hydrogen (secondary N) is 1. The first-order valence-electron chi connectivity index (χ1n) is 10.1. The predicted molar refractivity (Wildman–Crippen MR) is 102 cm³/mol. The minimum atomic E-state index is -0.899. The average Bonchev–Trinajstić information content (AvgIpc) is 3.11. The van der Waals surface area contributed by atoms with E-state index in [1.165, 1.54) is 17.7 Å². The molecule has 0 aliphatic carbocycles. The molecule has 7 heteroatoms. The summed E-state index contributed by atoms with van der Waals surface area (Å²) < 4.78 is 5.31. The maximum Gasteiger partial charge on any atom is 0.326 e. The van der Waals surface area contributed by atoms with Gasteiger partial charge in [-0.25, -0.2) is 4.79 Å². The fraction of sp³-hybridized carbons (Fsp3) is 0.895. The lowest BCUT2D eigenvalue weighted by Gasteiger charge is -2.25. The smallest absolute Gasteiger partial charge is 0.326 e. The summed E-state index contributed by atoms with van der Waals surface area (Å²) in [6.07, 6.45) is 7.93. The van der Waals surface area contributed by atoms with Gasteiger partial charge < -0.3 is 25.8 Å². The van der Waals surface area contributed by atoms with Gasteiger partial charge in [0, 0.05) is 19.2 Å². The number of nitrogens with two attached hydrogens (primary N) is 1. The van der Waals surface area contributed by atoms with E-state index in [-0.39, 0.29) is 18.0 Å². The molecule has 1 aliphatic rings. The monoisotopic (exact) mass is 371 g/mol. The summed E-state index contributed by atoms with van der Waals surface area (Å²) in [6.45, 7) is 6.49. The molecule has 0 spiro atoms. The van der Waals surface area contributed by atoms with Crippen LogP contribution in [0.5, 0.6) is 0 Å². The van der Waals surface area contributed by atoms with Gasteiger partial charge in [-0.2, -0.15) is 0 Å². The van der Waals surface area contributed by atoms with Crippen LogP contribution in [0.25, 0.3) is 0 Å². The Labute approximate surface area is 157 Å². The molecule has 1 aliphatic heterocycles. The second kappa shape index (κ2) is 13.1. The van der Waals surface area contributed by atoms with E-state index in [4.69, 9.17) is 10.5 Å². The molecule has 152 valence electrons. The van der Waals surface area contributed by atoms with E-state index in [0.29, 0.717) is 19.6 Å². The molecule has 0 unspecified atom stereocenters. The molecule has 1 amide bonds. The molecule has 0 saturated carbocycles. The first-order chi connectivity index (χ1) is 12.5. The Kier molecular flexibility index (Phi) is 11.5. The van der Waals surface area contributed by atoms with Crippen molar-refractivity contribution in [2.24, 2.45) is 5.73 Å². The molecule has 0 aromatic rings. The third-order valence-corrected chi connectivity index (χ3v) is 4.93. The minimum absolute atomic E-state index is 0.0989. The van der Waals surface area contributed by atoms with Gasteiger partial charge in [0.05, 0.1) is 12.6 Å². The number of aliphatic carboxylic acids is 1. The highest BCUT2D eigenvalue weighted by molar-refractivity contribution is 5.87. The number of hydrogen-bond donors (Lipinski definition) is 3. The number of unbranched alkanes of at least 4 members (excludes halogenated alkanes) is 4. The number of carboxylic acids is 1. The van der Waals surface area contributed by atoms with Gasteiger partial charge in [0.1, 0.15) is 6.04 Å².